The molecular weight excluding hydrogens is 441 g/mol. The Hall–Kier alpha value is -1.06. The lowest BCUT2D eigenvalue weighted by Crippen LogP contribution is -2.40. The van der Waals surface area contributed by atoms with Crippen LogP contribution >= 0.6 is 24.0 Å². The number of aliphatic imine (C=N–C) groups is 1. The molecule has 0 amide bonds. The highest BCUT2D eigenvalue weighted by Crippen LogP contribution is 2.13. The molecule has 0 radical (unpaired) electrons. The van der Waals surface area contributed by atoms with E-state index in [0.29, 0.717) is 6.54 Å². The fraction of sp³-hybridized carbons (Fsp3) is 0.632. The van der Waals surface area contributed by atoms with E-state index in [-0.39, 0.29) is 24.0 Å². The number of halogens is 1. The average Bonchev–Trinajstić information content (AvgIpc) is 2.64. The Morgan fingerprint density at radius 2 is 2.00 bits per heavy atom. The molecule has 148 valence electrons. The molecule has 7 heteroatoms. The molecule has 2 rings (SSSR count). The molecular formula is C19H34IN5O. The molecule has 1 saturated heterocycles. The molecule has 1 fully saturated rings. The largest absolute Gasteiger partial charge is 0.379 e. The predicted molar refractivity (Wildman–Crippen MR) is 121 cm³/mol. The zero-order chi connectivity index (χ0) is 17.9. The second-order valence-electron chi connectivity index (χ2n) is 6.49. The topological polar surface area (TPSA) is 52.1 Å². The molecule has 1 aliphatic rings. The number of hydrogen-bond donors (Lipinski definition) is 2. The number of anilines is 1. The Kier molecular flexibility index (Phi) is 11.6. The summed E-state index contributed by atoms with van der Waals surface area (Å²) in [4.78, 5) is 9.28. The molecule has 0 spiro atoms. The zero-order valence-electron chi connectivity index (χ0n) is 16.3. The van der Waals surface area contributed by atoms with E-state index in [1.165, 1.54) is 11.3 Å². The van der Waals surface area contributed by atoms with Gasteiger partial charge in [0.05, 0.1) is 19.8 Å². The number of morpholine rings is 1. The number of nitrogens with zero attached hydrogens (tertiary/aromatic N) is 3. The maximum Gasteiger partial charge on any atom is 0.191 e. The number of benzene rings is 1. The van der Waals surface area contributed by atoms with Gasteiger partial charge in [-0.1, -0.05) is 12.1 Å². The minimum atomic E-state index is 0. The van der Waals surface area contributed by atoms with Crippen LogP contribution in [0.25, 0.3) is 0 Å². The molecule has 1 aromatic rings. The van der Waals surface area contributed by atoms with Gasteiger partial charge >= 0.3 is 0 Å². The molecule has 26 heavy (non-hydrogen) atoms. The first kappa shape index (κ1) is 23.0. The van der Waals surface area contributed by atoms with Crippen molar-refractivity contribution in [3.63, 3.8) is 0 Å². The van der Waals surface area contributed by atoms with Crippen LogP contribution in [-0.4, -0.2) is 70.9 Å². The first-order valence-electron chi connectivity index (χ1n) is 9.27. The lowest BCUT2D eigenvalue weighted by atomic mass is 10.2. The van der Waals surface area contributed by atoms with E-state index < -0.39 is 0 Å². The van der Waals surface area contributed by atoms with E-state index in [4.69, 9.17) is 9.73 Å². The molecule has 0 atom stereocenters. The van der Waals surface area contributed by atoms with Crippen LogP contribution < -0.4 is 15.5 Å². The summed E-state index contributed by atoms with van der Waals surface area (Å²) in [5.74, 6) is 0.889. The third-order valence-corrected chi connectivity index (χ3v) is 4.24. The van der Waals surface area contributed by atoms with Crippen LogP contribution in [0.2, 0.25) is 0 Å². The van der Waals surface area contributed by atoms with Crippen molar-refractivity contribution in [2.45, 2.75) is 19.9 Å². The van der Waals surface area contributed by atoms with E-state index >= 15 is 0 Å². The van der Waals surface area contributed by atoms with Crippen LogP contribution in [0.4, 0.5) is 5.69 Å². The van der Waals surface area contributed by atoms with Crippen LogP contribution in [0.5, 0.6) is 0 Å². The summed E-state index contributed by atoms with van der Waals surface area (Å²) >= 11 is 0. The summed E-state index contributed by atoms with van der Waals surface area (Å²) in [5, 5.41) is 6.76. The SMILES string of the molecule is CCNC(=NCc1cccc(N(C)C)c1)NCCCN1CCOCC1.I. The van der Waals surface area contributed by atoms with Crippen LogP contribution in [0.15, 0.2) is 29.3 Å². The maximum atomic E-state index is 5.38. The van der Waals surface area contributed by atoms with Gasteiger partial charge in [-0.15, -0.1) is 24.0 Å². The molecule has 1 aliphatic heterocycles. The quantitative estimate of drug-likeness (QED) is 0.261. The van der Waals surface area contributed by atoms with Crippen LogP contribution in [0, 0.1) is 0 Å². The Balaban J connectivity index is 0.00000338. The average molecular weight is 475 g/mol. The van der Waals surface area contributed by atoms with Gasteiger partial charge in [0.2, 0.25) is 0 Å². The minimum Gasteiger partial charge on any atom is -0.379 e. The third kappa shape index (κ3) is 8.55. The molecule has 0 bridgehead atoms. The summed E-state index contributed by atoms with van der Waals surface area (Å²) in [6.07, 6.45) is 1.11. The second kappa shape index (κ2) is 13.2. The number of ether oxygens (including phenoxy) is 1. The van der Waals surface area contributed by atoms with Gasteiger partial charge in [0.25, 0.3) is 0 Å². The van der Waals surface area contributed by atoms with Crippen LogP contribution in [0.3, 0.4) is 0 Å². The van der Waals surface area contributed by atoms with Crippen molar-refractivity contribution in [2.24, 2.45) is 4.99 Å². The van der Waals surface area contributed by atoms with E-state index in [0.717, 1.165) is 58.3 Å². The van der Waals surface area contributed by atoms with Crippen LogP contribution in [-0.2, 0) is 11.3 Å². The van der Waals surface area contributed by atoms with Gasteiger partial charge in [0.1, 0.15) is 0 Å². The van der Waals surface area contributed by atoms with Crippen molar-refractivity contribution in [3.05, 3.63) is 29.8 Å². The van der Waals surface area contributed by atoms with Crippen molar-refractivity contribution in [1.82, 2.24) is 15.5 Å². The van der Waals surface area contributed by atoms with Crippen molar-refractivity contribution < 1.29 is 4.74 Å². The standard InChI is InChI=1S/C19H33N5O.HI/c1-4-20-19(21-9-6-10-24-11-13-25-14-12-24)22-16-17-7-5-8-18(15-17)23(2)3;/h5,7-8,15H,4,6,9-14,16H2,1-3H3,(H2,20,21,22);1H. The highest BCUT2D eigenvalue weighted by molar-refractivity contribution is 14.0. The van der Waals surface area contributed by atoms with Gasteiger partial charge in [-0.05, 0) is 37.6 Å². The number of hydrogen-bond acceptors (Lipinski definition) is 4. The molecule has 1 aromatic carbocycles. The monoisotopic (exact) mass is 475 g/mol. The maximum absolute atomic E-state index is 5.38. The summed E-state index contributed by atoms with van der Waals surface area (Å²) in [6, 6.07) is 8.51. The van der Waals surface area contributed by atoms with Crippen molar-refractivity contribution in [2.75, 3.05) is 64.9 Å². The van der Waals surface area contributed by atoms with Crippen molar-refractivity contribution in [3.8, 4) is 0 Å². The number of rotatable bonds is 8. The third-order valence-electron chi connectivity index (χ3n) is 4.24. The van der Waals surface area contributed by atoms with Gasteiger partial charge in [-0.3, -0.25) is 4.90 Å². The lowest BCUT2D eigenvalue weighted by Gasteiger charge is -2.26. The zero-order valence-corrected chi connectivity index (χ0v) is 18.7. The van der Waals surface area contributed by atoms with E-state index in [2.05, 4.69) is 65.7 Å². The molecule has 0 aromatic heterocycles. The Labute approximate surface area is 175 Å². The fourth-order valence-electron chi connectivity index (χ4n) is 2.78. The summed E-state index contributed by atoms with van der Waals surface area (Å²) < 4.78 is 5.38. The lowest BCUT2D eigenvalue weighted by molar-refractivity contribution is 0.0376. The first-order chi connectivity index (χ1) is 12.2. The highest BCUT2D eigenvalue weighted by atomic mass is 127. The Bertz CT molecular complexity index is 532. The van der Waals surface area contributed by atoms with E-state index in [9.17, 15) is 0 Å². The Morgan fingerprint density at radius 1 is 1.23 bits per heavy atom. The van der Waals surface area contributed by atoms with E-state index in [1.54, 1.807) is 0 Å². The van der Waals surface area contributed by atoms with Gasteiger partial charge in [-0.2, -0.15) is 0 Å². The summed E-state index contributed by atoms with van der Waals surface area (Å²) in [7, 11) is 4.12. The summed E-state index contributed by atoms with van der Waals surface area (Å²) in [6.45, 7) is 9.52. The molecule has 0 saturated carbocycles. The van der Waals surface area contributed by atoms with Gasteiger partial charge in [0.15, 0.2) is 5.96 Å². The van der Waals surface area contributed by atoms with Gasteiger partial charge < -0.3 is 20.3 Å². The highest BCUT2D eigenvalue weighted by Gasteiger charge is 2.09. The van der Waals surface area contributed by atoms with Gasteiger partial charge in [-0.25, -0.2) is 4.99 Å². The van der Waals surface area contributed by atoms with Crippen molar-refractivity contribution >= 4 is 35.6 Å². The van der Waals surface area contributed by atoms with E-state index in [1.807, 2.05) is 0 Å². The minimum absolute atomic E-state index is 0. The number of guanidine groups is 1. The number of nitrogens with one attached hydrogen (secondary N) is 2. The Morgan fingerprint density at radius 3 is 2.69 bits per heavy atom. The molecule has 6 nitrogen and oxygen atoms in total. The molecule has 0 aliphatic carbocycles. The van der Waals surface area contributed by atoms with Crippen LogP contribution in [0.1, 0.15) is 18.9 Å². The van der Waals surface area contributed by atoms with Gasteiger partial charge in [0, 0.05) is 46.0 Å². The molecule has 2 N–H and O–H groups in total. The second-order valence-corrected chi connectivity index (χ2v) is 6.49. The smallest absolute Gasteiger partial charge is 0.191 e. The molecule has 1 heterocycles. The summed E-state index contributed by atoms with van der Waals surface area (Å²) in [5.41, 5.74) is 2.42. The fourth-order valence-corrected chi connectivity index (χ4v) is 2.78. The van der Waals surface area contributed by atoms with Crippen molar-refractivity contribution in [1.29, 1.82) is 0 Å². The normalized spacial score (nSPS) is 15.3. The first-order valence-corrected chi connectivity index (χ1v) is 9.27. The predicted octanol–water partition coefficient (Wildman–Crippen LogP) is 2.15. The molecule has 0 unspecified atom stereocenters.